The first-order chi connectivity index (χ1) is 5.43. The summed E-state index contributed by atoms with van der Waals surface area (Å²) in [5, 5.41) is -1.00. The molecule has 70 valence electrons. The van der Waals surface area contributed by atoms with Crippen LogP contribution in [0.2, 0.25) is 0 Å². The quantitative estimate of drug-likeness (QED) is 0.548. The van der Waals surface area contributed by atoms with Crippen LogP contribution >= 0.6 is 15.9 Å². The molecule has 0 saturated heterocycles. The maximum atomic E-state index is 10.9. The Morgan fingerprint density at radius 2 is 1.75 bits per heavy atom. The SMILES string of the molecule is CC(=O)OC(Br)C(=O)OC(C)C. The van der Waals surface area contributed by atoms with Crippen molar-refractivity contribution in [3.8, 4) is 0 Å². The van der Waals surface area contributed by atoms with Gasteiger partial charge in [-0.3, -0.25) is 4.79 Å². The van der Waals surface area contributed by atoms with Crippen molar-refractivity contribution in [2.75, 3.05) is 0 Å². The van der Waals surface area contributed by atoms with Gasteiger partial charge in [-0.25, -0.2) is 4.79 Å². The number of ether oxygens (including phenoxy) is 2. The van der Waals surface area contributed by atoms with Crippen molar-refractivity contribution in [3.05, 3.63) is 0 Å². The van der Waals surface area contributed by atoms with Crippen LogP contribution in [0.1, 0.15) is 20.8 Å². The number of carbonyl (C=O) groups is 2. The number of carbonyl (C=O) groups excluding carboxylic acids is 2. The van der Waals surface area contributed by atoms with Gasteiger partial charge in [0.15, 0.2) is 0 Å². The van der Waals surface area contributed by atoms with Gasteiger partial charge in [0.2, 0.25) is 0 Å². The van der Waals surface area contributed by atoms with Gasteiger partial charge in [0.1, 0.15) is 0 Å². The van der Waals surface area contributed by atoms with Gasteiger partial charge in [-0.1, -0.05) is 0 Å². The Morgan fingerprint density at radius 3 is 2.08 bits per heavy atom. The van der Waals surface area contributed by atoms with E-state index in [2.05, 4.69) is 20.7 Å². The number of hydrogen-bond donors (Lipinski definition) is 0. The maximum Gasteiger partial charge on any atom is 0.359 e. The summed E-state index contributed by atoms with van der Waals surface area (Å²) in [7, 11) is 0. The van der Waals surface area contributed by atoms with E-state index in [0.717, 1.165) is 0 Å². The zero-order valence-corrected chi connectivity index (χ0v) is 8.75. The Balaban J connectivity index is 3.85. The smallest absolute Gasteiger partial charge is 0.359 e. The molecule has 0 aliphatic rings. The minimum Gasteiger partial charge on any atom is -0.460 e. The van der Waals surface area contributed by atoms with E-state index < -0.39 is 17.0 Å². The van der Waals surface area contributed by atoms with Crippen molar-refractivity contribution in [1.29, 1.82) is 0 Å². The number of rotatable bonds is 3. The van der Waals surface area contributed by atoms with Gasteiger partial charge in [-0.05, 0) is 29.8 Å². The molecule has 0 aromatic heterocycles. The van der Waals surface area contributed by atoms with E-state index in [1.807, 2.05) is 0 Å². The molecule has 5 heteroatoms. The van der Waals surface area contributed by atoms with Crippen LogP contribution in [0.25, 0.3) is 0 Å². The highest BCUT2D eigenvalue weighted by Gasteiger charge is 2.19. The van der Waals surface area contributed by atoms with E-state index in [1.54, 1.807) is 13.8 Å². The predicted molar refractivity (Wildman–Crippen MR) is 45.7 cm³/mol. The molecule has 0 aliphatic carbocycles. The largest absolute Gasteiger partial charge is 0.460 e. The molecular weight excluding hydrogens is 228 g/mol. The van der Waals surface area contributed by atoms with Gasteiger partial charge in [0.05, 0.1) is 6.10 Å². The normalized spacial score (nSPS) is 12.4. The van der Waals surface area contributed by atoms with Gasteiger partial charge >= 0.3 is 11.9 Å². The van der Waals surface area contributed by atoms with E-state index in [0.29, 0.717) is 0 Å². The highest BCUT2D eigenvalue weighted by atomic mass is 79.9. The third-order valence-corrected chi connectivity index (χ3v) is 1.37. The maximum absolute atomic E-state index is 10.9. The van der Waals surface area contributed by atoms with Crippen molar-refractivity contribution >= 4 is 27.9 Å². The van der Waals surface area contributed by atoms with E-state index in [4.69, 9.17) is 4.74 Å². The summed E-state index contributed by atoms with van der Waals surface area (Å²) < 4.78 is 9.27. The van der Waals surface area contributed by atoms with Crippen LogP contribution in [0, 0.1) is 0 Å². The zero-order valence-electron chi connectivity index (χ0n) is 7.17. The molecule has 0 N–H and O–H groups in total. The van der Waals surface area contributed by atoms with Crippen LogP contribution in [0.5, 0.6) is 0 Å². The predicted octanol–water partition coefficient (Wildman–Crippen LogP) is 1.22. The Labute approximate surface area is 79.3 Å². The van der Waals surface area contributed by atoms with Crippen LogP contribution < -0.4 is 0 Å². The van der Waals surface area contributed by atoms with Gasteiger partial charge < -0.3 is 9.47 Å². The van der Waals surface area contributed by atoms with Gasteiger partial charge in [0.25, 0.3) is 5.01 Å². The third-order valence-electron chi connectivity index (χ3n) is 0.807. The molecule has 0 radical (unpaired) electrons. The molecule has 0 aromatic carbocycles. The molecule has 0 heterocycles. The average Bonchev–Trinajstić information content (AvgIpc) is 1.84. The molecule has 0 spiro atoms. The van der Waals surface area contributed by atoms with Crippen molar-refractivity contribution in [2.45, 2.75) is 31.9 Å². The second-order valence-electron chi connectivity index (χ2n) is 2.41. The summed E-state index contributed by atoms with van der Waals surface area (Å²) in [6.45, 7) is 4.65. The van der Waals surface area contributed by atoms with E-state index in [9.17, 15) is 9.59 Å². The van der Waals surface area contributed by atoms with Gasteiger partial charge in [-0.2, -0.15) is 0 Å². The first-order valence-corrected chi connectivity index (χ1v) is 4.37. The van der Waals surface area contributed by atoms with Gasteiger partial charge in [0, 0.05) is 6.92 Å². The van der Waals surface area contributed by atoms with Crippen molar-refractivity contribution in [2.24, 2.45) is 0 Å². The lowest BCUT2D eigenvalue weighted by molar-refractivity contribution is -0.162. The Bertz CT molecular complexity index is 178. The molecule has 0 rings (SSSR count). The molecule has 1 atom stereocenters. The average molecular weight is 239 g/mol. The molecule has 0 aliphatic heterocycles. The van der Waals surface area contributed by atoms with Crippen molar-refractivity contribution < 1.29 is 19.1 Å². The molecule has 0 amide bonds. The molecule has 0 fully saturated rings. The molecule has 0 saturated carbocycles. The summed E-state index contributed by atoms with van der Waals surface area (Å²) in [4.78, 5) is 21.3. The number of hydrogen-bond acceptors (Lipinski definition) is 4. The highest BCUT2D eigenvalue weighted by molar-refractivity contribution is 9.09. The topological polar surface area (TPSA) is 52.6 Å². The standard InChI is InChI=1S/C7H11BrO4/c1-4(2)11-7(10)6(8)12-5(3)9/h4,6H,1-3H3. The van der Waals surface area contributed by atoms with E-state index in [1.165, 1.54) is 6.92 Å². The fourth-order valence-electron chi connectivity index (χ4n) is 0.480. The Kier molecular flexibility index (Phi) is 4.89. The van der Waals surface area contributed by atoms with Crippen LogP contribution in [0.4, 0.5) is 0 Å². The van der Waals surface area contributed by atoms with Crippen molar-refractivity contribution in [1.82, 2.24) is 0 Å². The summed E-state index contributed by atoms with van der Waals surface area (Å²) in [6, 6.07) is 0. The van der Waals surface area contributed by atoms with Crippen molar-refractivity contribution in [3.63, 3.8) is 0 Å². The highest BCUT2D eigenvalue weighted by Crippen LogP contribution is 2.06. The van der Waals surface area contributed by atoms with Crippen LogP contribution in [0.3, 0.4) is 0 Å². The first-order valence-electron chi connectivity index (χ1n) is 3.45. The number of alkyl halides is 1. The summed E-state index contributed by atoms with van der Waals surface area (Å²) in [5.74, 6) is -1.13. The minimum absolute atomic E-state index is 0.215. The van der Waals surface area contributed by atoms with E-state index >= 15 is 0 Å². The molecule has 1 unspecified atom stereocenters. The Hall–Kier alpha value is -0.580. The second kappa shape index (κ2) is 5.13. The lowest BCUT2D eigenvalue weighted by atomic mass is 10.5. The monoisotopic (exact) mass is 238 g/mol. The summed E-state index contributed by atoms with van der Waals surface area (Å²) in [6.07, 6.45) is -0.215. The summed E-state index contributed by atoms with van der Waals surface area (Å²) in [5.41, 5.74) is 0. The molecule has 12 heavy (non-hydrogen) atoms. The second-order valence-corrected chi connectivity index (χ2v) is 3.24. The van der Waals surface area contributed by atoms with Crippen LogP contribution in [-0.2, 0) is 19.1 Å². The van der Waals surface area contributed by atoms with Gasteiger partial charge in [-0.15, -0.1) is 0 Å². The third kappa shape index (κ3) is 5.12. The number of esters is 2. The van der Waals surface area contributed by atoms with E-state index in [-0.39, 0.29) is 6.10 Å². The fraction of sp³-hybridized carbons (Fsp3) is 0.714. The summed E-state index contributed by atoms with van der Waals surface area (Å²) >= 11 is 2.85. The minimum atomic E-state index is -1.00. The zero-order chi connectivity index (χ0) is 9.72. The lowest BCUT2D eigenvalue weighted by Gasteiger charge is -2.11. The van der Waals surface area contributed by atoms with Crippen LogP contribution in [0.15, 0.2) is 0 Å². The first kappa shape index (κ1) is 11.4. The molecular formula is C7H11BrO4. The lowest BCUT2D eigenvalue weighted by Crippen LogP contribution is -2.25. The molecule has 0 aromatic rings. The molecule has 0 bridgehead atoms. The Morgan fingerprint density at radius 1 is 1.25 bits per heavy atom. The fourth-order valence-corrected chi connectivity index (χ4v) is 0.851. The van der Waals surface area contributed by atoms with Crippen LogP contribution in [-0.4, -0.2) is 23.1 Å². The number of halogens is 1. The molecule has 4 nitrogen and oxygen atoms in total.